The lowest BCUT2D eigenvalue weighted by atomic mass is 9.85. The number of nitrogens with one attached hydrogen (secondary N) is 1. The van der Waals surface area contributed by atoms with Crippen molar-refractivity contribution in [1.82, 2.24) is 0 Å². The van der Waals surface area contributed by atoms with E-state index in [4.69, 9.17) is 5.26 Å². The first-order valence-electron chi connectivity index (χ1n) is 12.1. The van der Waals surface area contributed by atoms with Gasteiger partial charge in [-0.1, -0.05) is 20.3 Å². The molecule has 2 aromatic carbocycles. The predicted octanol–water partition coefficient (Wildman–Crippen LogP) is 7.95. The molecule has 208 valence electrons. The smallest absolute Gasteiger partial charge is 0.326 e. The molecule has 0 fully saturated rings. The van der Waals surface area contributed by atoms with E-state index in [1.165, 1.54) is 12.1 Å². The first kappa shape index (κ1) is 31.0. The lowest BCUT2D eigenvalue weighted by molar-refractivity contribution is -0.242. The molecule has 2 N–H and O–H groups in total. The number of amides is 1. The molecule has 11 heteroatoms. The first-order chi connectivity index (χ1) is 17.9. The van der Waals surface area contributed by atoms with E-state index in [0.29, 0.717) is 49.1 Å². The Balaban J connectivity index is 0.00000247. The maximum Gasteiger partial charge on any atom is 0.416 e. The number of fused-ring (bicyclic) bond motifs is 1. The summed E-state index contributed by atoms with van der Waals surface area (Å²) in [4.78, 5) is 29.0. The molecule has 0 unspecified atom stereocenters. The van der Waals surface area contributed by atoms with Crippen LogP contribution < -0.4 is 5.32 Å². The van der Waals surface area contributed by atoms with Crippen molar-refractivity contribution in [2.24, 2.45) is 0 Å². The van der Waals surface area contributed by atoms with Gasteiger partial charge in [-0.2, -0.15) is 26.3 Å². The molecular formula is C27H29F6NO4. The second-order valence-corrected chi connectivity index (χ2v) is 8.40. The summed E-state index contributed by atoms with van der Waals surface area (Å²) in [5, 5.41) is 11.0. The summed E-state index contributed by atoms with van der Waals surface area (Å²) in [5.41, 5.74) is -1.79. The number of hydrogen-bond donors (Lipinski definition) is 2. The minimum atomic E-state index is -4.98. The third-order valence-corrected chi connectivity index (χ3v) is 5.68. The van der Waals surface area contributed by atoms with E-state index in [9.17, 15) is 35.9 Å². The van der Waals surface area contributed by atoms with Crippen LogP contribution >= 0.6 is 0 Å². The van der Waals surface area contributed by atoms with Gasteiger partial charge in [0.15, 0.2) is 5.78 Å². The van der Waals surface area contributed by atoms with Gasteiger partial charge in [-0.05, 0) is 79.3 Å². The van der Waals surface area contributed by atoms with Crippen LogP contribution in [0.3, 0.4) is 0 Å². The van der Waals surface area contributed by atoms with Gasteiger partial charge in [0, 0.05) is 23.2 Å². The fraction of sp³-hybridized carbons (Fsp3) is 0.407. The number of Topliss-reactive ketones (excluding diaryl/α,β-unsaturated/α-hetero) is 1. The van der Waals surface area contributed by atoms with Crippen molar-refractivity contribution < 1.29 is 46.1 Å². The fourth-order valence-electron chi connectivity index (χ4n) is 3.91. The molecule has 2 aromatic rings. The van der Waals surface area contributed by atoms with Gasteiger partial charge in [0.05, 0.1) is 17.7 Å². The Hall–Kier alpha value is -3.18. The van der Waals surface area contributed by atoms with Crippen LogP contribution in [-0.2, 0) is 28.5 Å². The van der Waals surface area contributed by atoms with Gasteiger partial charge in [0.2, 0.25) is 5.91 Å². The number of anilines is 1. The van der Waals surface area contributed by atoms with Crippen molar-refractivity contribution in [1.29, 1.82) is 0 Å². The molecule has 0 heterocycles. The summed E-state index contributed by atoms with van der Waals surface area (Å²) in [7, 11) is 0. The molecule has 3 rings (SSSR count). The molecule has 0 saturated carbocycles. The number of halogens is 6. The highest BCUT2D eigenvalue weighted by molar-refractivity contribution is 6.13. The van der Waals surface area contributed by atoms with Crippen LogP contribution in [0.1, 0.15) is 78.6 Å². The maximum absolute atomic E-state index is 13.1. The Kier molecular flexibility index (Phi) is 11.1. The molecule has 1 aliphatic carbocycles. The van der Waals surface area contributed by atoms with Crippen LogP contribution in [0, 0.1) is 0 Å². The normalized spacial score (nSPS) is 14.6. The van der Waals surface area contributed by atoms with Crippen LogP contribution in [0.25, 0.3) is 6.08 Å². The quantitative estimate of drug-likeness (QED) is 0.116. The highest BCUT2D eigenvalue weighted by atomic mass is 19.4. The van der Waals surface area contributed by atoms with E-state index in [1.54, 1.807) is 6.07 Å². The van der Waals surface area contributed by atoms with Gasteiger partial charge in [-0.3, -0.25) is 14.8 Å². The van der Waals surface area contributed by atoms with Gasteiger partial charge in [-0.15, -0.1) is 0 Å². The van der Waals surface area contributed by atoms with Gasteiger partial charge in [-0.25, -0.2) is 4.89 Å². The SMILES string of the molecule is CC.O=C(CCCCCOO)Nc1ccc2c(c1)CC/C(=C\c1cc(C(F)(F)F)cc(C(F)(F)F)c1)C2=O. The number of rotatable bonds is 8. The number of unbranched alkanes of at least 4 members (excludes halogenated alkanes) is 2. The number of benzene rings is 2. The van der Waals surface area contributed by atoms with E-state index in [0.717, 1.165) is 6.08 Å². The Labute approximate surface area is 216 Å². The third kappa shape index (κ3) is 8.70. The highest BCUT2D eigenvalue weighted by Gasteiger charge is 2.37. The summed E-state index contributed by atoms with van der Waals surface area (Å²) in [6, 6.07) is 5.84. The molecule has 0 bridgehead atoms. The van der Waals surface area contributed by atoms with E-state index in [1.807, 2.05) is 13.8 Å². The van der Waals surface area contributed by atoms with Crippen molar-refractivity contribution in [3.8, 4) is 0 Å². The predicted molar refractivity (Wildman–Crippen MR) is 131 cm³/mol. The molecule has 0 aliphatic heterocycles. The van der Waals surface area contributed by atoms with E-state index in [-0.39, 0.29) is 48.1 Å². The van der Waals surface area contributed by atoms with Gasteiger partial charge in [0.25, 0.3) is 0 Å². The van der Waals surface area contributed by atoms with E-state index < -0.39 is 29.3 Å². The Bertz CT molecular complexity index is 1120. The second-order valence-electron chi connectivity index (χ2n) is 8.40. The zero-order valence-electron chi connectivity index (χ0n) is 20.9. The van der Waals surface area contributed by atoms with Gasteiger partial charge < -0.3 is 5.32 Å². The summed E-state index contributed by atoms with van der Waals surface area (Å²) in [6.45, 7) is 4.19. The molecular weight excluding hydrogens is 516 g/mol. The van der Waals surface area contributed by atoms with E-state index in [2.05, 4.69) is 10.2 Å². The number of hydrogen-bond acceptors (Lipinski definition) is 4. The van der Waals surface area contributed by atoms with Crippen molar-refractivity contribution in [3.05, 3.63) is 69.8 Å². The Morgan fingerprint density at radius 1 is 0.947 bits per heavy atom. The minimum Gasteiger partial charge on any atom is -0.326 e. The standard InChI is InChI=1S/C25H23F6NO4.C2H6/c26-24(27,28)18-11-15(12-19(14-18)25(29,30)31)10-17-6-5-16-13-20(7-8-21(16)23(17)34)32-22(33)4-2-1-3-9-36-35;1-2/h7-8,10-14,35H,1-6,9H2,(H,32,33);1-2H3/b17-10+;. The maximum atomic E-state index is 13.1. The first-order valence-corrected chi connectivity index (χ1v) is 12.1. The van der Waals surface area contributed by atoms with Crippen LogP contribution in [0.2, 0.25) is 0 Å². The zero-order valence-corrected chi connectivity index (χ0v) is 20.9. The van der Waals surface area contributed by atoms with Crippen LogP contribution in [0.4, 0.5) is 32.0 Å². The van der Waals surface area contributed by atoms with Gasteiger partial charge in [0.1, 0.15) is 0 Å². The largest absolute Gasteiger partial charge is 0.416 e. The fourth-order valence-corrected chi connectivity index (χ4v) is 3.91. The number of ketones is 1. The van der Waals surface area contributed by atoms with Crippen LogP contribution in [0.15, 0.2) is 42.0 Å². The van der Waals surface area contributed by atoms with Crippen LogP contribution in [-0.4, -0.2) is 23.6 Å². The molecule has 0 aromatic heterocycles. The molecule has 0 saturated heterocycles. The summed E-state index contributed by atoms with van der Waals surface area (Å²) in [6.07, 6.45) is -6.30. The molecule has 1 aliphatic rings. The minimum absolute atomic E-state index is 0.0410. The Morgan fingerprint density at radius 3 is 2.16 bits per heavy atom. The second kappa shape index (κ2) is 13.6. The highest BCUT2D eigenvalue weighted by Crippen LogP contribution is 2.37. The van der Waals surface area contributed by atoms with Crippen LogP contribution in [0.5, 0.6) is 0 Å². The summed E-state index contributed by atoms with van der Waals surface area (Å²) in [5.74, 6) is -0.723. The van der Waals surface area contributed by atoms with Gasteiger partial charge >= 0.3 is 12.4 Å². The zero-order chi connectivity index (χ0) is 28.5. The number of carbonyl (C=O) groups is 2. The topological polar surface area (TPSA) is 75.6 Å². The lowest BCUT2D eigenvalue weighted by Crippen LogP contribution is -2.16. The number of carbonyl (C=O) groups excluding carboxylic acids is 2. The Morgan fingerprint density at radius 2 is 1.58 bits per heavy atom. The average molecular weight is 546 g/mol. The molecule has 0 spiro atoms. The van der Waals surface area contributed by atoms with Crippen molar-refractivity contribution in [2.75, 3.05) is 11.9 Å². The monoisotopic (exact) mass is 545 g/mol. The summed E-state index contributed by atoms with van der Waals surface area (Å²) < 4.78 is 78.8. The number of aryl methyl sites for hydroxylation is 1. The molecule has 0 atom stereocenters. The molecule has 1 amide bonds. The third-order valence-electron chi connectivity index (χ3n) is 5.68. The van der Waals surface area contributed by atoms with Crippen molar-refractivity contribution in [3.63, 3.8) is 0 Å². The average Bonchev–Trinajstić information content (AvgIpc) is 2.85. The molecule has 5 nitrogen and oxygen atoms in total. The summed E-state index contributed by atoms with van der Waals surface area (Å²) >= 11 is 0. The van der Waals surface area contributed by atoms with E-state index >= 15 is 0 Å². The number of alkyl halides is 6. The molecule has 38 heavy (non-hydrogen) atoms. The lowest BCUT2D eigenvalue weighted by Gasteiger charge is -2.19. The van der Waals surface area contributed by atoms with Crippen molar-refractivity contribution >= 4 is 23.5 Å². The molecule has 0 radical (unpaired) electrons. The number of allylic oxidation sites excluding steroid dienone is 1. The van der Waals surface area contributed by atoms with Crippen molar-refractivity contribution in [2.45, 2.75) is 64.7 Å².